The van der Waals surface area contributed by atoms with Crippen LogP contribution in [0.25, 0.3) is 6.08 Å². The fourth-order valence-electron chi connectivity index (χ4n) is 2.15. The first-order valence-corrected chi connectivity index (χ1v) is 7.46. The molecule has 0 radical (unpaired) electrons. The summed E-state index contributed by atoms with van der Waals surface area (Å²) in [7, 11) is 0. The Kier molecular flexibility index (Phi) is 6.92. The van der Waals surface area contributed by atoms with Crippen molar-refractivity contribution >= 4 is 17.7 Å². The Morgan fingerprint density at radius 3 is 2.67 bits per heavy atom. The van der Waals surface area contributed by atoms with Crippen LogP contribution in [0.5, 0.6) is 0 Å². The van der Waals surface area contributed by atoms with Crippen molar-refractivity contribution in [3.8, 4) is 0 Å². The van der Waals surface area contributed by atoms with E-state index < -0.39 is 5.97 Å². The van der Waals surface area contributed by atoms with Gasteiger partial charge in [0.05, 0.1) is 5.69 Å². The first-order valence-electron chi connectivity index (χ1n) is 7.46. The number of rotatable bonds is 8. The largest absolute Gasteiger partial charge is 0.478 e. The second-order valence-corrected chi connectivity index (χ2v) is 5.19. The van der Waals surface area contributed by atoms with Gasteiger partial charge in [0.25, 0.3) is 0 Å². The summed E-state index contributed by atoms with van der Waals surface area (Å²) in [5.74, 6) is -1.34. The summed E-state index contributed by atoms with van der Waals surface area (Å²) in [5.41, 5.74) is 1.14. The van der Waals surface area contributed by atoms with Gasteiger partial charge in [-0.1, -0.05) is 26.3 Å². The van der Waals surface area contributed by atoms with E-state index >= 15 is 0 Å². The first kappa shape index (κ1) is 17.2. The highest BCUT2D eigenvalue weighted by atomic mass is 19.1. The molecular weight excluding hydrogens is 269 g/mol. The molecule has 0 amide bonds. The predicted molar refractivity (Wildman–Crippen MR) is 85.1 cm³/mol. The molecule has 0 spiro atoms. The Labute approximate surface area is 126 Å². The number of benzene rings is 1. The van der Waals surface area contributed by atoms with Gasteiger partial charge < -0.3 is 10.0 Å². The minimum Gasteiger partial charge on any atom is -0.478 e. The molecule has 21 heavy (non-hydrogen) atoms. The van der Waals surface area contributed by atoms with E-state index in [1.54, 1.807) is 12.1 Å². The Hall–Kier alpha value is -1.84. The number of halogens is 1. The van der Waals surface area contributed by atoms with Crippen LogP contribution in [0.3, 0.4) is 0 Å². The van der Waals surface area contributed by atoms with E-state index in [9.17, 15) is 9.18 Å². The molecule has 0 aromatic heterocycles. The summed E-state index contributed by atoms with van der Waals surface area (Å²) in [5, 5.41) is 8.60. The smallest absolute Gasteiger partial charge is 0.328 e. The SMILES string of the molecule is CCCCN(c1ccc(C=CC(=O)O)cc1F)C(C)CC. The van der Waals surface area contributed by atoms with Crippen LogP contribution in [0.15, 0.2) is 24.3 Å². The van der Waals surface area contributed by atoms with Crippen molar-refractivity contribution in [1.82, 2.24) is 0 Å². The van der Waals surface area contributed by atoms with E-state index in [4.69, 9.17) is 5.11 Å². The molecule has 1 atom stereocenters. The molecule has 1 aromatic rings. The molecule has 1 aromatic carbocycles. The average molecular weight is 293 g/mol. The zero-order valence-corrected chi connectivity index (χ0v) is 13.0. The number of anilines is 1. The van der Waals surface area contributed by atoms with E-state index in [0.717, 1.165) is 31.9 Å². The number of unbranched alkanes of at least 4 members (excludes halogenated alkanes) is 1. The van der Waals surface area contributed by atoms with Crippen LogP contribution in [0.1, 0.15) is 45.6 Å². The molecule has 1 unspecified atom stereocenters. The van der Waals surface area contributed by atoms with Crippen molar-refractivity contribution in [2.75, 3.05) is 11.4 Å². The number of carboxylic acids is 1. The number of hydrogen-bond donors (Lipinski definition) is 1. The molecule has 3 nitrogen and oxygen atoms in total. The molecule has 4 heteroatoms. The molecular formula is C17H24FNO2. The summed E-state index contributed by atoms with van der Waals surface area (Å²) in [6, 6.07) is 5.14. The van der Waals surface area contributed by atoms with Crippen LogP contribution in [0.4, 0.5) is 10.1 Å². The molecule has 0 aliphatic carbocycles. The lowest BCUT2D eigenvalue weighted by Crippen LogP contribution is -2.34. The topological polar surface area (TPSA) is 40.5 Å². The molecule has 1 N–H and O–H groups in total. The Morgan fingerprint density at radius 1 is 1.43 bits per heavy atom. The molecule has 0 heterocycles. The van der Waals surface area contributed by atoms with Crippen LogP contribution in [0.2, 0.25) is 0 Å². The monoisotopic (exact) mass is 293 g/mol. The van der Waals surface area contributed by atoms with Gasteiger partial charge in [0.15, 0.2) is 0 Å². The van der Waals surface area contributed by atoms with Gasteiger partial charge in [-0.15, -0.1) is 0 Å². The third kappa shape index (κ3) is 5.21. The lowest BCUT2D eigenvalue weighted by molar-refractivity contribution is -0.131. The number of aliphatic carboxylic acids is 1. The van der Waals surface area contributed by atoms with Crippen LogP contribution in [-0.2, 0) is 4.79 Å². The van der Waals surface area contributed by atoms with Gasteiger partial charge in [0, 0.05) is 18.7 Å². The molecule has 0 fully saturated rings. The number of carboxylic acid groups (broad SMARTS) is 1. The molecule has 0 saturated heterocycles. The number of hydrogen-bond acceptors (Lipinski definition) is 2. The van der Waals surface area contributed by atoms with E-state index in [1.807, 2.05) is 0 Å². The Balaban J connectivity index is 3.01. The quantitative estimate of drug-likeness (QED) is 0.725. The van der Waals surface area contributed by atoms with Crippen LogP contribution in [-0.4, -0.2) is 23.7 Å². The third-order valence-corrected chi connectivity index (χ3v) is 3.57. The lowest BCUT2D eigenvalue weighted by atomic mass is 10.1. The molecule has 1 rings (SSSR count). The van der Waals surface area contributed by atoms with E-state index in [0.29, 0.717) is 11.3 Å². The summed E-state index contributed by atoms with van der Waals surface area (Å²) >= 11 is 0. The number of carbonyl (C=O) groups is 1. The molecule has 0 bridgehead atoms. The maximum absolute atomic E-state index is 14.3. The van der Waals surface area contributed by atoms with Gasteiger partial charge in [-0.3, -0.25) is 0 Å². The Bertz CT molecular complexity index is 500. The van der Waals surface area contributed by atoms with Gasteiger partial charge in [-0.05, 0) is 43.5 Å². The molecule has 0 saturated carbocycles. The highest BCUT2D eigenvalue weighted by Gasteiger charge is 2.16. The minimum absolute atomic E-state index is 0.270. The molecule has 0 aliphatic rings. The highest BCUT2D eigenvalue weighted by Crippen LogP contribution is 2.24. The van der Waals surface area contributed by atoms with Crippen molar-refractivity contribution in [3.63, 3.8) is 0 Å². The fraction of sp³-hybridized carbons (Fsp3) is 0.471. The average Bonchev–Trinajstić information content (AvgIpc) is 2.46. The molecule has 0 aliphatic heterocycles. The van der Waals surface area contributed by atoms with Gasteiger partial charge in [0.2, 0.25) is 0 Å². The van der Waals surface area contributed by atoms with Crippen molar-refractivity contribution in [2.45, 2.75) is 46.1 Å². The lowest BCUT2D eigenvalue weighted by Gasteiger charge is -2.31. The van der Waals surface area contributed by atoms with E-state index in [2.05, 4.69) is 25.7 Å². The fourth-order valence-corrected chi connectivity index (χ4v) is 2.15. The van der Waals surface area contributed by atoms with Crippen LogP contribution in [0, 0.1) is 5.82 Å². The number of nitrogens with zero attached hydrogens (tertiary/aromatic N) is 1. The van der Waals surface area contributed by atoms with Crippen molar-refractivity contribution in [3.05, 3.63) is 35.7 Å². The zero-order chi connectivity index (χ0) is 15.8. The van der Waals surface area contributed by atoms with Crippen LogP contribution < -0.4 is 4.90 Å². The van der Waals surface area contributed by atoms with Gasteiger partial charge in [0.1, 0.15) is 5.82 Å². The summed E-state index contributed by atoms with van der Waals surface area (Å²) in [6.07, 6.45) is 5.44. The maximum Gasteiger partial charge on any atom is 0.328 e. The summed E-state index contributed by atoms with van der Waals surface area (Å²) in [6.45, 7) is 7.12. The molecule has 116 valence electrons. The minimum atomic E-state index is -1.04. The second-order valence-electron chi connectivity index (χ2n) is 5.19. The van der Waals surface area contributed by atoms with E-state index in [-0.39, 0.29) is 11.9 Å². The first-order chi connectivity index (χ1) is 9.99. The standard InChI is InChI=1S/C17H24FNO2/c1-4-6-11-19(13(3)5-2)16-9-7-14(12-15(16)18)8-10-17(20)21/h7-10,12-13H,4-6,11H2,1-3H3,(H,20,21). The van der Waals surface area contributed by atoms with E-state index in [1.165, 1.54) is 12.1 Å². The highest BCUT2D eigenvalue weighted by molar-refractivity contribution is 5.85. The van der Waals surface area contributed by atoms with Crippen molar-refractivity contribution in [2.24, 2.45) is 0 Å². The van der Waals surface area contributed by atoms with Crippen molar-refractivity contribution in [1.29, 1.82) is 0 Å². The summed E-state index contributed by atoms with van der Waals surface area (Å²) in [4.78, 5) is 12.6. The summed E-state index contributed by atoms with van der Waals surface area (Å²) < 4.78 is 14.3. The Morgan fingerprint density at radius 2 is 2.14 bits per heavy atom. The van der Waals surface area contributed by atoms with Crippen LogP contribution >= 0.6 is 0 Å². The normalized spacial score (nSPS) is 12.6. The maximum atomic E-state index is 14.3. The van der Waals surface area contributed by atoms with Gasteiger partial charge >= 0.3 is 5.97 Å². The van der Waals surface area contributed by atoms with Crippen molar-refractivity contribution < 1.29 is 14.3 Å². The van der Waals surface area contributed by atoms with Gasteiger partial charge in [-0.2, -0.15) is 0 Å². The predicted octanol–water partition coefficient (Wildman–Crippen LogP) is 4.33. The van der Waals surface area contributed by atoms with Gasteiger partial charge in [-0.25, -0.2) is 9.18 Å². The third-order valence-electron chi connectivity index (χ3n) is 3.57. The zero-order valence-electron chi connectivity index (χ0n) is 13.0. The second kappa shape index (κ2) is 8.45.